The summed E-state index contributed by atoms with van der Waals surface area (Å²) in [6.45, 7) is 6.50. The van der Waals surface area contributed by atoms with Crippen LogP contribution < -0.4 is 9.47 Å². The molecule has 232 valence electrons. The van der Waals surface area contributed by atoms with Gasteiger partial charge in [-0.15, -0.1) is 0 Å². The second kappa shape index (κ2) is 17.7. The van der Waals surface area contributed by atoms with E-state index < -0.39 is 5.97 Å². The lowest BCUT2D eigenvalue weighted by atomic mass is 9.70. The summed E-state index contributed by atoms with van der Waals surface area (Å²) >= 11 is 0. The minimum Gasteiger partial charge on any atom is -0.493 e. The first-order chi connectivity index (χ1) is 20.3. The minimum atomic E-state index is -0.443. The molecule has 0 unspecified atom stereocenters. The van der Waals surface area contributed by atoms with Gasteiger partial charge in [0.2, 0.25) is 0 Å². The molecule has 8 nitrogen and oxygen atoms in total. The first-order valence-corrected chi connectivity index (χ1v) is 15.4. The van der Waals surface area contributed by atoms with Gasteiger partial charge in [0, 0.05) is 18.3 Å². The summed E-state index contributed by atoms with van der Waals surface area (Å²) < 4.78 is 27.1. The van der Waals surface area contributed by atoms with Crippen molar-refractivity contribution in [3.8, 4) is 11.5 Å². The van der Waals surface area contributed by atoms with Gasteiger partial charge in [-0.25, -0.2) is 9.59 Å². The lowest BCUT2D eigenvalue weighted by Crippen LogP contribution is -2.31. The third-order valence-corrected chi connectivity index (χ3v) is 8.48. The van der Waals surface area contributed by atoms with E-state index in [1.54, 1.807) is 31.2 Å². The summed E-state index contributed by atoms with van der Waals surface area (Å²) in [5.41, 5.74) is 1.19. The van der Waals surface area contributed by atoms with Crippen molar-refractivity contribution in [1.82, 2.24) is 0 Å². The minimum absolute atomic E-state index is 0.0947. The molecule has 0 aliphatic heterocycles. The SMILES string of the molecule is C=C(C)C(=O)OCCCCCCOC1CCC(C2CCC(C(=O)Oc3ccc(/C=C/C(=O)OC)cc3OC)CC2)CC1. The molecule has 2 aliphatic carbocycles. The van der Waals surface area contributed by atoms with Gasteiger partial charge in [-0.05, 0) is 113 Å². The number of methoxy groups -OCH3 is 2. The molecule has 0 aromatic heterocycles. The van der Waals surface area contributed by atoms with Crippen LogP contribution in [-0.4, -0.2) is 51.4 Å². The molecule has 0 N–H and O–H groups in total. The van der Waals surface area contributed by atoms with E-state index in [4.69, 9.17) is 18.9 Å². The number of benzene rings is 1. The molecule has 0 bridgehead atoms. The second-order valence-corrected chi connectivity index (χ2v) is 11.5. The summed E-state index contributed by atoms with van der Waals surface area (Å²) in [6.07, 6.45) is 15.8. The van der Waals surface area contributed by atoms with Crippen molar-refractivity contribution in [2.45, 2.75) is 90.1 Å². The van der Waals surface area contributed by atoms with Crippen LogP contribution in [0.2, 0.25) is 0 Å². The molecule has 1 aromatic rings. The zero-order valence-electron chi connectivity index (χ0n) is 25.6. The smallest absolute Gasteiger partial charge is 0.333 e. The Kier molecular flexibility index (Phi) is 14.1. The van der Waals surface area contributed by atoms with Gasteiger partial charge in [0.15, 0.2) is 11.5 Å². The number of carbonyl (C=O) groups is 3. The molecule has 8 heteroatoms. The maximum atomic E-state index is 13.0. The van der Waals surface area contributed by atoms with Crippen LogP contribution in [0.15, 0.2) is 36.4 Å². The largest absolute Gasteiger partial charge is 0.493 e. The fourth-order valence-electron chi connectivity index (χ4n) is 5.94. The van der Waals surface area contributed by atoms with Gasteiger partial charge in [-0.2, -0.15) is 0 Å². The fourth-order valence-corrected chi connectivity index (χ4v) is 5.94. The molecule has 0 spiro atoms. The maximum Gasteiger partial charge on any atom is 0.333 e. The zero-order valence-corrected chi connectivity index (χ0v) is 25.6. The van der Waals surface area contributed by atoms with Crippen molar-refractivity contribution in [3.63, 3.8) is 0 Å². The van der Waals surface area contributed by atoms with E-state index in [1.165, 1.54) is 33.1 Å². The highest BCUT2D eigenvalue weighted by Gasteiger charge is 2.34. The van der Waals surface area contributed by atoms with Crippen LogP contribution in [0.4, 0.5) is 0 Å². The molecule has 1 aromatic carbocycles. The average molecular weight is 585 g/mol. The van der Waals surface area contributed by atoms with E-state index in [-0.39, 0.29) is 17.9 Å². The van der Waals surface area contributed by atoms with Crippen LogP contribution in [-0.2, 0) is 28.6 Å². The van der Waals surface area contributed by atoms with Gasteiger partial charge < -0.3 is 23.7 Å². The maximum absolute atomic E-state index is 13.0. The van der Waals surface area contributed by atoms with Gasteiger partial charge in [0.05, 0.1) is 32.8 Å². The van der Waals surface area contributed by atoms with Crippen LogP contribution >= 0.6 is 0 Å². The summed E-state index contributed by atoms with van der Waals surface area (Å²) in [5.74, 6) is 1.18. The molecular formula is C34H48O8. The highest BCUT2D eigenvalue weighted by molar-refractivity contribution is 5.87. The second-order valence-electron chi connectivity index (χ2n) is 11.5. The van der Waals surface area contributed by atoms with E-state index in [1.807, 2.05) is 0 Å². The summed E-state index contributed by atoms with van der Waals surface area (Å²) in [6, 6.07) is 5.20. The molecule has 42 heavy (non-hydrogen) atoms. The first kappa shape index (κ1) is 33.4. The first-order valence-electron chi connectivity index (χ1n) is 15.4. The van der Waals surface area contributed by atoms with Crippen LogP contribution in [0.1, 0.15) is 89.5 Å². The average Bonchev–Trinajstić information content (AvgIpc) is 3.01. The lowest BCUT2D eigenvalue weighted by Gasteiger charge is -2.37. The Morgan fingerprint density at radius 3 is 2.12 bits per heavy atom. The number of esters is 3. The van der Waals surface area contributed by atoms with Crippen molar-refractivity contribution < 1.29 is 38.1 Å². The van der Waals surface area contributed by atoms with Gasteiger partial charge in [-0.1, -0.05) is 19.1 Å². The van der Waals surface area contributed by atoms with E-state index in [0.717, 1.165) is 82.3 Å². The molecule has 0 radical (unpaired) electrons. The highest BCUT2D eigenvalue weighted by Crippen LogP contribution is 2.41. The van der Waals surface area contributed by atoms with E-state index in [2.05, 4.69) is 11.3 Å². The van der Waals surface area contributed by atoms with Crippen LogP contribution in [0, 0.1) is 17.8 Å². The number of unbranched alkanes of at least 4 members (excludes halogenated alkanes) is 3. The van der Waals surface area contributed by atoms with Crippen molar-refractivity contribution in [2.24, 2.45) is 17.8 Å². The fraction of sp³-hybridized carbons (Fsp3) is 0.618. The summed E-state index contributed by atoms with van der Waals surface area (Å²) in [4.78, 5) is 35.7. The molecule has 3 rings (SSSR count). The third-order valence-electron chi connectivity index (χ3n) is 8.48. The Labute approximate surface area is 250 Å². The van der Waals surface area contributed by atoms with Gasteiger partial charge in [0.1, 0.15) is 0 Å². The van der Waals surface area contributed by atoms with E-state index >= 15 is 0 Å². The number of rotatable bonds is 15. The molecule has 2 aliphatic rings. The molecule has 0 atom stereocenters. The quantitative estimate of drug-likeness (QED) is 0.0956. The van der Waals surface area contributed by atoms with Gasteiger partial charge in [0.25, 0.3) is 0 Å². The van der Waals surface area contributed by atoms with Gasteiger partial charge >= 0.3 is 17.9 Å². The summed E-state index contributed by atoms with van der Waals surface area (Å²) in [7, 11) is 2.85. The monoisotopic (exact) mass is 584 g/mol. The predicted octanol–water partition coefficient (Wildman–Crippen LogP) is 6.85. The topological polar surface area (TPSA) is 97.4 Å². The standard InChI is InChI=1S/C34H48O8/c1-24(2)33(36)41-22-8-6-5-7-21-40-29-17-15-27(16-18-29)26-11-13-28(14-12-26)34(37)42-30-19-9-25(23-31(30)38-3)10-20-32(35)39-4/h9-10,19-20,23,26-29H,1,5-8,11-18,21-22H2,2-4H3/b20-10+. The van der Waals surface area contributed by atoms with Crippen molar-refractivity contribution in [1.29, 1.82) is 0 Å². The molecule has 0 amide bonds. The Morgan fingerprint density at radius 1 is 0.857 bits per heavy atom. The van der Waals surface area contributed by atoms with E-state index in [9.17, 15) is 14.4 Å². The Bertz CT molecular complexity index is 1060. The lowest BCUT2D eigenvalue weighted by molar-refractivity contribution is -0.141. The van der Waals surface area contributed by atoms with Gasteiger partial charge in [-0.3, -0.25) is 4.79 Å². The van der Waals surface area contributed by atoms with Crippen molar-refractivity contribution >= 4 is 24.0 Å². The van der Waals surface area contributed by atoms with Crippen molar-refractivity contribution in [2.75, 3.05) is 27.4 Å². The van der Waals surface area contributed by atoms with Crippen molar-refractivity contribution in [3.05, 3.63) is 42.0 Å². The Morgan fingerprint density at radius 2 is 1.50 bits per heavy atom. The van der Waals surface area contributed by atoms with E-state index in [0.29, 0.717) is 35.7 Å². The number of hydrogen-bond donors (Lipinski definition) is 0. The molecule has 2 fully saturated rings. The highest BCUT2D eigenvalue weighted by atomic mass is 16.6. The molecule has 0 heterocycles. The number of ether oxygens (including phenoxy) is 5. The predicted molar refractivity (Wildman–Crippen MR) is 161 cm³/mol. The number of hydrogen-bond acceptors (Lipinski definition) is 8. The Hall–Kier alpha value is -3.13. The van der Waals surface area contributed by atoms with Crippen LogP contribution in [0.5, 0.6) is 11.5 Å². The molecular weight excluding hydrogens is 536 g/mol. The van der Waals surface area contributed by atoms with Crippen LogP contribution in [0.25, 0.3) is 6.08 Å². The number of carbonyl (C=O) groups excluding carboxylic acids is 3. The normalized spacial score (nSPS) is 22.4. The van der Waals surface area contributed by atoms with Crippen LogP contribution in [0.3, 0.4) is 0 Å². The molecule has 2 saturated carbocycles. The zero-order chi connectivity index (χ0) is 30.3. The molecule has 0 saturated heterocycles. The third kappa shape index (κ3) is 10.9. The Balaban J connectivity index is 1.30. The summed E-state index contributed by atoms with van der Waals surface area (Å²) in [5, 5.41) is 0.